The molecule has 9 nitrogen and oxygen atoms in total. The number of hydrogen-bond donors (Lipinski definition) is 2. The lowest BCUT2D eigenvalue weighted by atomic mass is 10.0. The molecule has 2 N–H and O–H groups in total. The number of ether oxygens (including phenoxy) is 1. The minimum absolute atomic E-state index is 0.0537. The lowest BCUT2D eigenvalue weighted by molar-refractivity contribution is -0.159. The van der Waals surface area contributed by atoms with E-state index < -0.39 is 23.6 Å². The first kappa shape index (κ1) is 39.8. The fourth-order valence-corrected chi connectivity index (χ4v) is 4.71. The molecular weight excluding hydrogens is 532 g/mol. The summed E-state index contributed by atoms with van der Waals surface area (Å²) in [5.74, 6) is -1.17. The van der Waals surface area contributed by atoms with Gasteiger partial charge in [0.05, 0.1) is 0 Å². The molecule has 0 bridgehead atoms. The van der Waals surface area contributed by atoms with E-state index in [2.05, 4.69) is 17.6 Å². The molecule has 0 aliphatic rings. The van der Waals surface area contributed by atoms with Crippen molar-refractivity contribution in [2.75, 3.05) is 33.7 Å². The molecule has 0 aliphatic carbocycles. The minimum Gasteiger partial charge on any atom is -0.458 e. The van der Waals surface area contributed by atoms with Crippen molar-refractivity contribution >= 4 is 23.8 Å². The molecule has 0 rings (SSSR count). The molecule has 9 heteroatoms. The van der Waals surface area contributed by atoms with Gasteiger partial charge in [-0.2, -0.15) is 0 Å². The predicted octanol–water partition coefficient (Wildman–Crippen LogP) is 6.58. The zero-order valence-electron chi connectivity index (χ0n) is 28.2. The highest BCUT2D eigenvalue weighted by Crippen LogP contribution is 2.14. The molecule has 0 aromatic carbocycles. The number of rotatable bonds is 24. The van der Waals surface area contributed by atoms with Gasteiger partial charge in [-0.3, -0.25) is 14.5 Å². The normalized spacial score (nSPS) is 12.2. The number of imide groups is 1. The molecule has 0 spiro atoms. The first-order chi connectivity index (χ1) is 19.9. The smallest absolute Gasteiger partial charge is 0.329 e. The molecule has 0 fully saturated rings. The van der Waals surface area contributed by atoms with Crippen LogP contribution in [0.1, 0.15) is 144 Å². The SMILES string of the molecule is CCCCCCCCCCCCCCCC(=O)N[C@@H](CCC(=O)N(CC)C(=O)NCCCN(C)C)C(=O)OC(C)(C)C. The molecule has 4 amide bonds. The topological polar surface area (TPSA) is 108 Å². The number of esters is 1. The average Bonchev–Trinajstić information content (AvgIpc) is 2.90. The van der Waals surface area contributed by atoms with E-state index in [1.54, 1.807) is 27.7 Å². The van der Waals surface area contributed by atoms with Crippen LogP contribution in [-0.4, -0.2) is 79.0 Å². The van der Waals surface area contributed by atoms with Crippen molar-refractivity contribution in [1.82, 2.24) is 20.4 Å². The Morgan fingerprint density at radius 2 is 1.26 bits per heavy atom. The van der Waals surface area contributed by atoms with Crippen molar-refractivity contribution in [3.05, 3.63) is 0 Å². The van der Waals surface area contributed by atoms with Gasteiger partial charge < -0.3 is 20.3 Å². The number of carbonyl (C=O) groups is 4. The first-order valence-corrected chi connectivity index (χ1v) is 16.7. The second-order valence-corrected chi connectivity index (χ2v) is 12.7. The van der Waals surface area contributed by atoms with E-state index in [0.717, 1.165) is 37.1 Å². The summed E-state index contributed by atoms with van der Waals surface area (Å²) in [6, 6.07) is -1.38. The second-order valence-electron chi connectivity index (χ2n) is 12.7. The van der Waals surface area contributed by atoms with E-state index in [-0.39, 0.29) is 31.2 Å². The molecule has 0 aliphatic heterocycles. The third kappa shape index (κ3) is 22.4. The molecule has 42 heavy (non-hydrogen) atoms. The Labute approximate surface area is 257 Å². The molecule has 1 atom stereocenters. The van der Waals surface area contributed by atoms with E-state index in [1.165, 1.54) is 64.2 Å². The Hall–Kier alpha value is -2.16. The Morgan fingerprint density at radius 1 is 0.738 bits per heavy atom. The van der Waals surface area contributed by atoms with Gasteiger partial charge in [-0.25, -0.2) is 9.59 Å². The van der Waals surface area contributed by atoms with Gasteiger partial charge in [-0.1, -0.05) is 84.0 Å². The van der Waals surface area contributed by atoms with Gasteiger partial charge in [0.25, 0.3) is 0 Å². The standard InChI is InChI=1S/C33H64N4O5/c1-8-10-11-12-13-14-15-16-17-18-19-20-21-23-29(38)35-28(31(40)42-33(3,4)5)24-25-30(39)37(9-2)32(41)34-26-22-27-36(6)7/h28H,8-27H2,1-7H3,(H,34,41)(H,35,38)/t28-/m0/s1. The molecule has 0 unspecified atom stereocenters. The quantitative estimate of drug-likeness (QED) is 0.0962. The molecule has 0 aromatic heterocycles. The van der Waals surface area contributed by atoms with Crippen molar-refractivity contribution in [2.24, 2.45) is 0 Å². The van der Waals surface area contributed by atoms with Crippen molar-refractivity contribution in [1.29, 1.82) is 0 Å². The summed E-state index contributed by atoms with van der Waals surface area (Å²) in [6.07, 6.45) is 17.1. The van der Waals surface area contributed by atoms with Crippen molar-refractivity contribution < 1.29 is 23.9 Å². The highest BCUT2D eigenvalue weighted by Gasteiger charge is 2.28. The zero-order chi connectivity index (χ0) is 31.8. The Balaban J connectivity index is 4.54. The average molecular weight is 597 g/mol. The Bertz CT molecular complexity index is 751. The van der Waals surface area contributed by atoms with E-state index >= 15 is 0 Å². The van der Waals surface area contributed by atoms with Crippen LogP contribution in [0.3, 0.4) is 0 Å². The first-order valence-electron chi connectivity index (χ1n) is 16.7. The van der Waals surface area contributed by atoms with E-state index in [1.807, 2.05) is 19.0 Å². The number of unbranched alkanes of at least 4 members (excludes halogenated alkanes) is 12. The van der Waals surface area contributed by atoms with Gasteiger partial charge in [-0.15, -0.1) is 0 Å². The maximum Gasteiger partial charge on any atom is 0.329 e. The lowest BCUT2D eigenvalue weighted by Crippen LogP contribution is -2.47. The third-order valence-electron chi connectivity index (χ3n) is 7.10. The zero-order valence-corrected chi connectivity index (χ0v) is 28.2. The van der Waals surface area contributed by atoms with Crippen LogP contribution in [0.15, 0.2) is 0 Å². The van der Waals surface area contributed by atoms with Crippen LogP contribution >= 0.6 is 0 Å². The number of hydrogen-bond acceptors (Lipinski definition) is 6. The van der Waals surface area contributed by atoms with Gasteiger partial charge in [0.1, 0.15) is 11.6 Å². The summed E-state index contributed by atoms with van der Waals surface area (Å²) < 4.78 is 5.51. The van der Waals surface area contributed by atoms with Gasteiger partial charge in [-0.05, 0) is 67.6 Å². The maximum atomic E-state index is 12.9. The molecule has 246 valence electrons. The van der Waals surface area contributed by atoms with Crippen molar-refractivity contribution in [3.63, 3.8) is 0 Å². The van der Waals surface area contributed by atoms with E-state index in [0.29, 0.717) is 13.0 Å². The summed E-state index contributed by atoms with van der Waals surface area (Å²) in [6.45, 7) is 10.8. The highest BCUT2D eigenvalue weighted by molar-refractivity contribution is 5.94. The minimum atomic E-state index is -0.940. The van der Waals surface area contributed by atoms with Crippen LogP contribution < -0.4 is 10.6 Å². The summed E-state index contributed by atoms with van der Waals surface area (Å²) in [5, 5.41) is 5.57. The van der Waals surface area contributed by atoms with Crippen LogP contribution in [0, 0.1) is 0 Å². The van der Waals surface area contributed by atoms with Gasteiger partial charge in [0.2, 0.25) is 11.8 Å². The molecule has 0 saturated carbocycles. The van der Waals surface area contributed by atoms with Crippen LogP contribution in [0.5, 0.6) is 0 Å². The third-order valence-corrected chi connectivity index (χ3v) is 7.10. The molecule has 0 saturated heterocycles. The van der Waals surface area contributed by atoms with Crippen molar-refractivity contribution in [2.45, 2.75) is 155 Å². The fraction of sp³-hybridized carbons (Fsp3) is 0.879. The fourth-order valence-electron chi connectivity index (χ4n) is 4.71. The number of amides is 4. The van der Waals surface area contributed by atoms with Gasteiger partial charge >= 0.3 is 12.0 Å². The summed E-state index contributed by atoms with van der Waals surface area (Å²) in [7, 11) is 3.92. The van der Waals surface area contributed by atoms with Gasteiger partial charge in [0, 0.05) is 25.9 Å². The molecule has 0 radical (unpaired) electrons. The number of nitrogens with one attached hydrogen (secondary N) is 2. The summed E-state index contributed by atoms with van der Waals surface area (Å²) in [5.41, 5.74) is -0.721. The maximum absolute atomic E-state index is 12.9. The number of urea groups is 1. The molecule has 0 heterocycles. The van der Waals surface area contributed by atoms with Crippen LogP contribution in [0.2, 0.25) is 0 Å². The van der Waals surface area contributed by atoms with Crippen LogP contribution in [0.25, 0.3) is 0 Å². The Morgan fingerprint density at radius 3 is 1.74 bits per heavy atom. The number of nitrogens with zero attached hydrogens (tertiary/aromatic N) is 2. The van der Waals surface area contributed by atoms with Gasteiger partial charge in [0.15, 0.2) is 0 Å². The van der Waals surface area contributed by atoms with Crippen LogP contribution in [0.4, 0.5) is 4.79 Å². The molecular formula is C33H64N4O5. The molecule has 0 aromatic rings. The van der Waals surface area contributed by atoms with Crippen molar-refractivity contribution in [3.8, 4) is 0 Å². The van der Waals surface area contributed by atoms with E-state index in [9.17, 15) is 19.2 Å². The summed E-state index contributed by atoms with van der Waals surface area (Å²) >= 11 is 0. The predicted molar refractivity (Wildman–Crippen MR) is 171 cm³/mol. The summed E-state index contributed by atoms with van der Waals surface area (Å²) in [4.78, 5) is 54.1. The highest BCUT2D eigenvalue weighted by atomic mass is 16.6. The lowest BCUT2D eigenvalue weighted by Gasteiger charge is -2.25. The monoisotopic (exact) mass is 596 g/mol. The van der Waals surface area contributed by atoms with Crippen LogP contribution in [-0.2, 0) is 19.1 Å². The van der Waals surface area contributed by atoms with E-state index in [4.69, 9.17) is 4.74 Å². The largest absolute Gasteiger partial charge is 0.458 e. The Kier molecular flexibility index (Phi) is 23.0. The number of carbonyl (C=O) groups excluding carboxylic acids is 4. The second kappa shape index (κ2) is 24.3.